The van der Waals surface area contributed by atoms with Crippen molar-refractivity contribution in [3.05, 3.63) is 35.2 Å². The second-order valence-electron chi connectivity index (χ2n) is 4.72. The van der Waals surface area contributed by atoms with Crippen LogP contribution >= 0.6 is 0 Å². The molecule has 0 aromatic carbocycles. The van der Waals surface area contributed by atoms with Crippen molar-refractivity contribution >= 4 is 5.97 Å². The zero-order chi connectivity index (χ0) is 14.1. The van der Waals surface area contributed by atoms with Gasteiger partial charge in [0, 0.05) is 11.6 Å². The van der Waals surface area contributed by atoms with E-state index in [1.807, 2.05) is 0 Å². The van der Waals surface area contributed by atoms with Gasteiger partial charge >= 0.3 is 5.97 Å². The van der Waals surface area contributed by atoms with Gasteiger partial charge in [0.1, 0.15) is 0 Å². The lowest BCUT2D eigenvalue weighted by Gasteiger charge is -2.06. The van der Waals surface area contributed by atoms with E-state index in [4.69, 9.17) is 14.4 Å². The summed E-state index contributed by atoms with van der Waals surface area (Å²) in [4.78, 5) is 19.2. The number of hydrogen-bond acceptors (Lipinski definition) is 6. The molecule has 3 rings (SSSR count). The molecule has 1 N–H and O–H groups in total. The van der Waals surface area contributed by atoms with E-state index in [0.717, 1.165) is 12.8 Å². The van der Waals surface area contributed by atoms with Gasteiger partial charge in [0.15, 0.2) is 18.1 Å². The van der Waals surface area contributed by atoms with Crippen LogP contribution in [0.25, 0.3) is 0 Å². The molecule has 0 saturated heterocycles. The van der Waals surface area contributed by atoms with Gasteiger partial charge in [-0.1, -0.05) is 5.16 Å². The fraction of sp³-hybridized carbons (Fsp3) is 0.385. The van der Waals surface area contributed by atoms with E-state index < -0.39 is 5.97 Å². The maximum absolute atomic E-state index is 11.1. The number of carboxylic acids is 1. The van der Waals surface area contributed by atoms with Gasteiger partial charge in [-0.15, -0.1) is 0 Å². The minimum Gasteiger partial charge on any atom is -0.483 e. The number of aromatic nitrogens is 3. The summed E-state index contributed by atoms with van der Waals surface area (Å²) < 4.78 is 10.5. The molecule has 1 aliphatic carbocycles. The molecule has 20 heavy (non-hydrogen) atoms. The summed E-state index contributed by atoms with van der Waals surface area (Å²) in [6.07, 6.45) is 2.15. The third-order valence-electron chi connectivity index (χ3n) is 2.97. The topological polar surface area (TPSA) is 98.3 Å². The molecule has 0 amide bonds. The molecule has 104 valence electrons. The number of nitrogens with zero attached hydrogens (tertiary/aromatic N) is 3. The largest absolute Gasteiger partial charge is 0.483 e. The Kier molecular flexibility index (Phi) is 3.09. The SMILES string of the molecule is Cc1ccc(OCc2noc(C3CC3)n2)c(C(=O)O)n1. The fourth-order valence-corrected chi connectivity index (χ4v) is 1.78. The normalized spacial score (nSPS) is 14.2. The van der Waals surface area contributed by atoms with Crippen LogP contribution in [0, 0.1) is 6.92 Å². The average Bonchev–Trinajstić information content (AvgIpc) is 3.17. The zero-order valence-electron chi connectivity index (χ0n) is 10.9. The van der Waals surface area contributed by atoms with Crippen molar-refractivity contribution in [2.24, 2.45) is 0 Å². The summed E-state index contributed by atoms with van der Waals surface area (Å²) in [6, 6.07) is 3.27. The third-order valence-corrected chi connectivity index (χ3v) is 2.97. The van der Waals surface area contributed by atoms with Gasteiger partial charge in [-0.2, -0.15) is 4.98 Å². The lowest BCUT2D eigenvalue weighted by molar-refractivity contribution is 0.0684. The van der Waals surface area contributed by atoms with Crippen LogP contribution < -0.4 is 4.74 Å². The Bertz CT molecular complexity index is 649. The van der Waals surface area contributed by atoms with Gasteiger partial charge in [-0.05, 0) is 31.9 Å². The van der Waals surface area contributed by atoms with Crippen molar-refractivity contribution in [1.29, 1.82) is 0 Å². The Labute approximate surface area is 114 Å². The first-order valence-electron chi connectivity index (χ1n) is 6.29. The molecule has 0 atom stereocenters. The predicted octanol–water partition coefficient (Wildman–Crippen LogP) is 1.93. The molecular formula is C13H13N3O4. The number of carbonyl (C=O) groups is 1. The van der Waals surface area contributed by atoms with E-state index in [1.54, 1.807) is 19.1 Å². The first-order chi connectivity index (χ1) is 9.63. The summed E-state index contributed by atoms with van der Waals surface area (Å²) in [6.45, 7) is 1.78. The molecular weight excluding hydrogens is 262 g/mol. The molecule has 1 saturated carbocycles. The van der Waals surface area contributed by atoms with Crippen LogP contribution in [0.15, 0.2) is 16.7 Å². The Morgan fingerprint density at radius 3 is 2.95 bits per heavy atom. The third kappa shape index (κ3) is 2.61. The Morgan fingerprint density at radius 2 is 2.25 bits per heavy atom. The van der Waals surface area contributed by atoms with Crippen molar-refractivity contribution in [3.63, 3.8) is 0 Å². The first-order valence-corrected chi connectivity index (χ1v) is 6.29. The summed E-state index contributed by atoms with van der Waals surface area (Å²) in [7, 11) is 0. The number of hydrogen-bond donors (Lipinski definition) is 1. The molecule has 7 heteroatoms. The molecule has 0 bridgehead atoms. The van der Waals surface area contributed by atoms with Crippen LogP contribution in [0.3, 0.4) is 0 Å². The standard InChI is InChI=1S/C13H13N3O4/c1-7-2-5-9(11(14-7)13(17)18)19-6-10-15-12(20-16-10)8-3-4-8/h2,5,8H,3-4,6H2,1H3,(H,17,18). The average molecular weight is 275 g/mol. The molecule has 1 fully saturated rings. The number of carboxylic acid groups (broad SMARTS) is 1. The quantitative estimate of drug-likeness (QED) is 0.889. The van der Waals surface area contributed by atoms with Crippen molar-refractivity contribution in [2.75, 3.05) is 0 Å². The summed E-state index contributed by atoms with van der Waals surface area (Å²) in [5.74, 6) is 0.483. The molecule has 1 aliphatic rings. The van der Waals surface area contributed by atoms with Crippen molar-refractivity contribution < 1.29 is 19.2 Å². The van der Waals surface area contributed by atoms with Gasteiger partial charge < -0.3 is 14.4 Å². The van der Waals surface area contributed by atoms with Crippen LogP contribution in [0.2, 0.25) is 0 Å². The monoisotopic (exact) mass is 275 g/mol. The van der Waals surface area contributed by atoms with Gasteiger partial charge in [0.25, 0.3) is 0 Å². The number of aromatic carboxylic acids is 1. The first kappa shape index (κ1) is 12.6. The molecule has 2 aromatic rings. The minimum absolute atomic E-state index is 0.0568. The number of rotatable bonds is 5. The van der Waals surface area contributed by atoms with Crippen LogP contribution in [0.4, 0.5) is 0 Å². The van der Waals surface area contributed by atoms with E-state index in [2.05, 4.69) is 15.1 Å². The highest BCUT2D eigenvalue weighted by molar-refractivity contribution is 5.88. The molecule has 0 unspecified atom stereocenters. The lowest BCUT2D eigenvalue weighted by atomic mass is 10.3. The maximum atomic E-state index is 11.1. The van der Waals surface area contributed by atoms with Gasteiger partial charge in [0.2, 0.25) is 11.7 Å². The van der Waals surface area contributed by atoms with E-state index >= 15 is 0 Å². The highest BCUT2D eigenvalue weighted by Gasteiger charge is 2.29. The Hall–Kier alpha value is -2.44. The van der Waals surface area contributed by atoms with Crippen LogP contribution in [0.1, 0.15) is 46.7 Å². The highest BCUT2D eigenvalue weighted by Crippen LogP contribution is 2.38. The molecule has 7 nitrogen and oxygen atoms in total. The van der Waals surface area contributed by atoms with Gasteiger partial charge in [-0.3, -0.25) is 0 Å². The van der Waals surface area contributed by atoms with Crippen molar-refractivity contribution in [3.8, 4) is 5.75 Å². The molecule has 0 radical (unpaired) electrons. The van der Waals surface area contributed by atoms with E-state index in [1.165, 1.54) is 0 Å². The summed E-state index contributed by atoms with van der Waals surface area (Å²) >= 11 is 0. The second-order valence-corrected chi connectivity index (χ2v) is 4.72. The molecule has 2 aromatic heterocycles. The molecule has 0 aliphatic heterocycles. The van der Waals surface area contributed by atoms with E-state index in [0.29, 0.717) is 23.3 Å². The number of pyridine rings is 1. The Balaban J connectivity index is 1.72. The number of ether oxygens (including phenoxy) is 1. The van der Waals surface area contributed by atoms with Gasteiger partial charge in [-0.25, -0.2) is 9.78 Å². The van der Waals surface area contributed by atoms with Crippen LogP contribution in [-0.4, -0.2) is 26.2 Å². The number of aryl methyl sites for hydroxylation is 1. The highest BCUT2D eigenvalue weighted by atomic mass is 16.5. The smallest absolute Gasteiger partial charge is 0.358 e. The fourth-order valence-electron chi connectivity index (χ4n) is 1.78. The summed E-state index contributed by atoms with van der Waals surface area (Å²) in [5, 5.41) is 12.9. The van der Waals surface area contributed by atoms with Crippen molar-refractivity contribution in [1.82, 2.24) is 15.1 Å². The summed E-state index contributed by atoms with van der Waals surface area (Å²) in [5.41, 5.74) is 0.501. The maximum Gasteiger partial charge on any atom is 0.358 e. The van der Waals surface area contributed by atoms with E-state index in [9.17, 15) is 4.79 Å². The molecule has 2 heterocycles. The van der Waals surface area contributed by atoms with Gasteiger partial charge in [0.05, 0.1) is 0 Å². The Morgan fingerprint density at radius 1 is 1.45 bits per heavy atom. The van der Waals surface area contributed by atoms with Crippen LogP contribution in [0.5, 0.6) is 5.75 Å². The lowest BCUT2D eigenvalue weighted by Crippen LogP contribution is -2.07. The zero-order valence-corrected chi connectivity index (χ0v) is 10.9. The predicted molar refractivity (Wildman–Crippen MR) is 66.5 cm³/mol. The van der Waals surface area contributed by atoms with E-state index in [-0.39, 0.29) is 18.1 Å². The second kappa shape index (κ2) is 4.92. The minimum atomic E-state index is -1.13. The molecule has 0 spiro atoms. The van der Waals surface area contributed by atoms with Crippen LogP contribution in [-0.2, 0) is 6.61 Å². The van der Waals surface area contributed by atoms with Crippen molar-refractivity contribution in [2.45, 2.75) is 32.3 Å².